The van der Waals surface area contributed by atoms with Crippen molar-refractivity contribution in [3.63, 3.8) is 0 Å². The van der Waals surface area contributed by atoms with Gasteiger partial charge in [0.1, 0.15) is 0 Å². The van der Waals surface area contributed by atoms with Crippen LogP contribution >= 0.6 is 0 Å². The Morgan fingerprint density at radius 3 is 2.56 bits per heavy atom. The van der Waals surface area contributed by atoms with Gasteiger partial charge in [0, 0.05) is 0 Å². The zero-order valence-electron chi connectivity index (χ0n) is 9.47. The quantitative estimate of drug-likeness (QED) is 0.779. The molecule has 1 aliphatic heterocycles. The number of carbonyl (C=O) groups is 1. The van der Waals surface area contributed by atoms with Crippen molar-refractivity contribution in [2.75, 3.05) is 11.6 Å². The van der Waals surface area contributed by atoms with Crippen molar-refractivity contribution in [3.8, 4) is 0 Å². The zero-order chi connectivity index (χ0) is 11.8. The molecule has 0 aromatic heterocycles. The Balaban J connectivity index is 2.22. The van der Waals surface area contributed by atoms with Gasteiger partial charge >= 0.3 is 0 Å². The predicted octanol–water partition coefficient (Wildman–Crippen LogP) is 0.925. The zero-order valence-corrected chi connectivity index (χ0v) is 9.47. The molecule has 16 heavy (non-hydrogen) atoms. The molecular weight excluding hydrogens is 204 g/mol. The first-order chi connectivity index (χ1) is 7.54. The molecule has 1 fully saturated rings. The molecule has 0 bridgehead atoms. The Labute approximate surface area is 94.9 Å². The Hall–Kier alpha value is -1.55. The fraction of sp³-hybridized carbons (Fsp3) is 0.417. The molecule has 4 nitrogen and oxygen atoms in total. The van der Waals surface area contributed by atoms with E-state index >= 15 is 0 Å². The molecule has 0 aliphatic carbocycles. The molecule has 1 saturated heterocycles. The SMILES string of the molecule is CC(O)C1(C)CN(c2ccccc2)NC1=O. The Kier molecular flexibility index (Phi) is 2.59. The highest BCUT2D eigenvalue weighted by Gasteiger charge is 2.46. The van der Waals surface area contributed by atoms with Crippen LogP contribution < -0.4 is 10.4 Å². The first kappa shape index (κ1) is 11.0. The maximum absolute atomic E-state index is 11.8. The van der Waals surface area contributed by atoms with Gasteiger partial charge in [0.05, 0.1) is 23.8 Å². The lowest BCUT2D eigenvalue weighted by molar-refractivity contribution is -0.131. The fourth-order valence-electron chi connectivity index (χ4n) is 1.78. The Bertz CT molecular complexity index is 391. The molecule has 2 N–H and O–H groups in total. The van der Waals surface area contributed by atoms with Gasteiger partial charge < -0.3 is 5.11 Å². The summed E-state index contributed by atoms with van der Waals surface area (Å²) in [5.41, 5.74) is 2.97. The predicted molar refractivity (Wildman–Crippen MR) is 61.7 cm³/mol. The van der Waals surface area contributed by atoms with Crippen LogP contribution in [0.25, 0.3) is 0 Å². The normalized spacial score (nSPS) is 26.7. The van der Waals surface area contributed by atoms with Gasteiger partial charge in [-0.05, 0) is 26.0 Å². The number of anilines is 1. The molecule has 0 radical (unpaired) electrons. The third-order valence-corrected chi connectivity index (χ3v) is 3.23. The van der Waals surface area contributed by atoms with E-state index in [4.69, 9.17) is 0 Å². The van der Waals surface area contributed by atoms with Crippen LogP contribution in [0.15, 0.2) is 30.3 Å². The summed E-state index contributed by atoms with van der Waals surface area (Å²) in [6, 6.07) is 9.61. The number of nitrogens with one attached hydrogen (secondary N) is 1. The van der Waals surface area contributed by atoms with Crippen molar-refractivity contribution in [2.24, 2.45) is 5.41 Å². The maximum Gasteiger partial charge on any atom is 0.248 e. The highest BCUT2D eigenvalue weighted by molar-refractivity contribution is 5.88. The van der Waals surface area contributed by atoms with E-state index < -0.39 is 11.5 Å². The summed E-state index contributed by atoms with van der Waals surface area (Å²) in [5, 5.41) is 11.4. The van der Waals surface area contributed by atoms with Crippen LogP contribution in [0, 0.1) is 5.41 Å². The van der Waals surface area contributed by atoms with Crippen molar-refractivity contribution in [3.05, 3.63) is 30.3 Å². The highest BCUT2D eigenvalue weighted by Crippen LogP contribution is 2.30. The highest BCUT2D eigenvalue weighted by atomic mass is 16.3. The summed E-state index contributed by atoms with van der Waals surface area (Å²) in [4.78, 5) is 11.8. The van der Waals surface area contributed by atoms with Gasteiger partial charge in [-0.1, -0.05) is 18.2 Å². The van der Waals surface area contributed by atoms with E-state index in [9.17, 15) is 9.90 Å². The summed E-state index contributed by atoms with van der Waals surface area (Å²) in [5.74, 6) is -0.133. The van der Waals surface area contributed by atoms with E-state index in [1.165, 1.54) is 0 Å². The summed E-state index contributed by atoms with van der Waals surface area (Å²) in [6.45, 7) is 3.90. The van der Waals surface area contributed by atoms with Gasteiger partial charge in [0.25, 0.3) is 0 Å². The second-order valence-corrected chi connectivity index (χ2v) is 4.46. The van der Waals surface area contributed by atoms with Gasteiger partial charge in [-0.3, -0.25) is 15.2 Å². The monoisotopic (exact) mass is 220 g/mol. The number of carbonyl (C=O) groups excluding carboxylic acids is 1. The molecule has 1 amide bonds. The average Bonchev–Trinajstić information content (AvgIpc) is 2.58. The number of hydrazine groups is 1. The number of aliphatic hydroxyl groups is 1. The summed E-state index contributed by atoms with van der Waals surface area (Å²) >= 11 is 0. The molecule has 1 aromatic carbocycles. The van der Waals surface area contributed by atoms with Gasteiger partial charge in [-0.15, -0.1) is 0 Å². The molecule has 2 atom stereocenters. The number of hydrogen-bond donors (Lipinski definition) is 2. The largest absolute Gasteiger partial charge is 0.392 e. The van der Waals surface area contributed by atoms with E-state index in [1.54, 1.807) is 18.9 Å². The lowest BCUT2D eigenvalue weighted by Gasteiger charge is -2.24. The van der Waals surface area contributed by atoms with E-state index in [0.29, 0.717) is 6.54 Å². The van der Waals surface area contributed by atoms with Gasteiger partial charge in [0.15, 0.2) is 0 Å². The molecule has 86 valence electrons. The molecule has 1 aromatic rings. The van der Waals surface area contributed by atoms with Crippen molar-refractivity contribution in [1.82, 2.24) is 5.43 Å². The topological polar surface area (TPSA) is 52.6 Å². The van der Waals surface area contributed by atoms with Crippen LogP contribution in [0.3, 0.4) is 0 Å². The lowest BCUT2D eigenvalue weighted by Crippen LogP contribution is -2.39. The standard InChI is InChI=1S/C12H16N2O2/c1-9(15)12(2)8-14(13-11(12)16)10-6-4-3-5-7-10/h3-7,9,15H,8H2,1-2H3,(H,13,16). The molecular formula is C12H16N2O2. The fourth-order valence-corrected chi connectivity index (χ4v) is 1.78. The molecule has 0 saturated carbocycles. The van der Waals surface area contributed by atoms with Crippen LogP contribution in [0.5, 0.6) is 0 Å². The molecule has 4 heteroatoms. The van der Waals surface area contributed by atoms with Crippen molar-refractivity contribution < 1.29 is 9.90 Å². The number of rotatable bonds is 2. The van der Waals surface area contributed by atoms with E-state index in [2.05, 4.69) is 5.43 Å². The van der Waals surface area contributed by atoms with Gasteiger partial charge in [-0.25, -0.2) is 0 Å². The number of aliphatic hydroxyl groups excluding tert-OH is 1. The van der Waals surface area contributed by atoms with Gasteiger partial charge in [0.2, 0.25) is 5.91 Å². The Morgan fingerprint density at radius 2 is 2.06 bits per heavy atom. The molecule has 1 aliphatic rings. The third-order valence-electron chi connectivity index (χ3n) is 3.23. The average molecular weight is 220 g/mol. The summed E-state index contributed by atoms with van der Waals surface area (Å²) < 4.78 is 0. The minimum absolute atomic E-state index is 0.133. The number of hydrogen-bond acceptors (Lipinski definition) is 3. The second-order valence-electron chi connectivity index (χ2n) is 4.46. The van der Waals surface area contributed by atoms with Crippen LogP contribution in [0.4, 0.5) is 5.69 Å². The number of benzene rings is 1. The summed E-state index contributed by atoms with van der Waals surface area (Å²) in [6.07, 6.45) is -0.666. The van der Waals surface area contributed by atoms with Crippen molar-refractivity contribution >= 4 is 11.6 Å². The number of nitrogens with zero attached hydrogens (tertiary/aromatic N) is 1. The number of para-hydroxylation sites is 1. The summed E-state index contributed by atoms with van der Waals surface area (Å²) in [7, 11) is 0. The molecule has 2 rings (SSSR count). The molecule has 0 spiro atoms. The van der Waals surface area contributed by atoms with Crippen molar-refractivity contribution in [1.29, 1.82) is 0 Å². The van der Waals surface area contributed by atoms with E-state index in [-0.39, 0.29) is 5.91 Å². The molecule has 2 unspecified atom stereocenters. The minimum atomic E-state index is -0.740. The smallest absolute Gasteiger partial charge is 0.248 e. The minimum Gasteiger partial charge on any atom is -0.392 e. The van der Waals surface area contributed by atoms with E-state index in [0.717, 1.165) is 5.69 Å². The number of amides is 1. The third kappa shape index (κ3) is 1.65. The van der Waals surface area contributed by atoms with Crippen LogP contribution in [-0.2, 0) is 4.79 Å². The van der Waals surface area contributed by atoms with E-state index in [1.807, 2.05) is 30.3 Å². The first-order valence-corrected chi connectivity index (χ1v) is 5.36. The van der Waals surface area contributed by atoms with Crippen LogP contribution in [0.2, 0.25) is 0 Å². The lowest BCUT2D eigenvalue weighted by atomic mass is 9.85. The van der Waals surface area contributed by atoms with Crippen LogP contribution in [0.1, 0.15) is 13.8 Å². The second kappa shape index (κ2) is 3.79. The van der Waals surface area contributed by atoms with Gasteiger partial charge in [-0.2, -0.15) is 0 Å². The maximum atomic E-state index is 11.8. The molecule has 1 heterocycles. The first-order valence-electron chi connectivity index (χ1n) is 5.36. The van der Waals surface area contributed by atoms with Crippen molar-refractivity contribution in [2.45, 2.75) is 20.0 Å². The van der Waals surface area contributed by atoms with Crippen LogP contribution in [-0.4, -0.2) is 23.7 Å². The Morgan fingerprint density at radius 1 is 1.44 bits per heavy atom.